The number of phenolic OH excluding ortho intramolecular Hbond substituents is 1. The van der Waals surface area contributed by atoms with Crippen LogP contribution in [0.1, 0.15) is 108 Å². The third-order valence-corrected chi connectivity index (χ3v) is 12.0. The van der Waals surface area contributed by atoms with E-state index in [1.807, 2.05) is 6.92 Å². The summed E-state index contributed by atoms with van der Waals surface area (Å²) >= 11 is 0. The van der Waals surface area contributed by atoms with E-state index in [4.69, 9.17) is 47.4 Å². The zero-order chi connectivity index (χ0) is 42.8. The van der Waals surface area contributed by atoms with Crippen LogP contribution in [0.3, 0.4) is 0 Å². The molecule has 4 aliphatic rings. The average molecular weight is 850 g/mol. The topological polar surface area (TPSA) is 142 Å². The van der Waals surface area contributed by atoms with Gasteiger partial charge in [0, 0.05) is 44.3 Å². The Balaban J connectivity index is 1.36. The van der Waals surface area contributed by atoms with E-state index < -0.39 is 72.8 Å². The normalized spacial score (nSPS) is 27.1. The fourth-order valence-corrected chi connectivity index (χ4v) is 8.76. The highest BCUT2D eigenvalue weighted by molar-refractivity contribution is 5.79. The molecule has 2 N–H and O–H groups in total. The summed E-state index contributed by atoms with van der Waals surface area (Å²) in [6, 6.07) is 6.13. The number of cyclic esters (lactones) is 1. The first-order valence-electron chi connectivity index (χ1n) is 21.9. The lowest BCUT2D eigenvalue weighted by atomic mass is 9.65. The van der Waals surface area contributed by atoms with E-state index in [1.54, 1.807) is 24.3 Å². The van der Waals surface area contributed by atoms with Crippen LogP contribution < -0.4 is 24.3 Å². The van der Waals surface area contributed by atoms with Crippen LogP contribution in [0.15, 0.2) is 24.3 Å². The third-order valence-electron chi connectivity index (χ3n) is 12.0. The maximum Gasteiger partial charge on any atom is 0.310 e. The molecular weight excluding hydrogens is 784 g/mol. The van der Waals surface area contributed by atoms with Crippen LogP contribution in [0.5, 0.6) is 28.7 Å². The number of nitrogens with one attached hydrogen (secondary N) is 1. The van der Waals surface area contributed by atoms with Crippen LogP contribution in [0.4, 0.5) is 8.78 Å². The first-order chi connectivity index (χ1) is 29.1. The minimum Gasteiger partial charge on any atom is -0.502 e. The van der Waals surface area contributed by atoms with Crippen molar-refractivity contribution in [1.82, 2.24) is 5.32 Å². The molecule has 9 atom stereocenters. The van der Waals surface area contributed by atoms with Gasteiger partial charge in [-0.25, -0.2) is 8.78 Å². The number of hydrogen-bond donors (Lipinski definition) is 2. The third kappa shape index (κ3) is 10.1. The fourth-order valence-electron chi connectivity index (χ4n) is 8.76. The quantitative estimate of drug-likeness (QED) is 0.0798. The smallest absolute Gasteiger partial charge is 0.310 e. The molecule has 3 heterocycles. The van der Waals surface area contributed by atoms with Gasteiger partial charge in [0.15, 0.2) is 29.1 Å². The molecule has 60 heavy (non-hydrogen) atoms. The summed E-state index contributed by atoms with van der Waals surface area (Å²) in [6.07, 6.45) is 1.30. The van der Waals surface area contributed by atoms with Gasteiger partial charge < -0.3 is 57.8 Å². The molecule has 0 unspecified atom stereocenters. The summed E-state index contributed by atoms with van der Waals surface area (Å²) in [5, 5.41) is 14.0. The molecule has 0 bridgehead atoms. The Kier molecular flexibility index (Phi) is 16.5. The maximum absolute atomic E-state index is 17.4. The molecule has 0 spiro atoms. The number of carbonyl (C=O) groups is 1. The highest BCUT2D eigenvalue weighted by Crippen LogP contribution is 2.56. The number of aromatic hydroxyl groups is 1. The predicted octanol–water partition coefficient (Wildman–Crippen LogP) is 7.48. The van der Waals surface area contributed by atoms with Crippen molar-refractivity contribution in [3.05, 3.63) is 41.0 Å². The molecule has 0 amide bonds. The van der Waals surface area contributed by atoms with Crippen LogP contribution in [-0.2, 0) is 33.2 Å². The van der Waals surface area contributed by atoms with Crippen molar-refractivity contribution in [1.29, 1.82) is 0 Å². The molecular formula is C45H65F2NO12. The van der Waals surface area contributed by atoms with Crippen molar-refractivity contribution in [2.24, 2.45) is 11.8 Å². The van der Waals surface area contributed by atoms with E-state index in [-0.39, 0.29) is 43.9 Å². The van der Waals surface area contributed by atoms with Gasteiger partial charge in [-0.05, 0) is 66.6 Å². The van der Waals surface area contributed by atoms with Gasteiger partial charge in [-0.1, -0.05) is 53.4 Å². The highest BCUT2D eigenvalue weighted by Gasteiger charge is 2.58. The number of rotatable bonds is 24. The predicted molar refractivity (Wildman–Crippen MR) is 218 cm³/mol. The number of esters is 1. The average Bonchev–Trinajstić information content (AvgIpc) is 3.87. The minimum absolute atomic E-state index is 0.00650. The largest absolute Gasteiger partial charge is 0.502 e. The molecule has 2 aromatic carbocycles. The van der Waals surface area contributed by atoms with Crippen molar-refractivity contribution < 1.29 is 66.1 Å². The molecule has 2 saturated heterocycles. The molecule has 13 nitrogen and oxygen atoms in total. The monoisotopic (exact) mass is 849 g/mol. The Morgan fingerprint density at radius 3 is 1.93 bits per heavy atom. The van der Waals surface area contributed by atoms with Crippen molar-refractivity contribution in [3.63, 3.8) is 0 Å². The second kappa shape index (κ2) is 21.6. The van der Waals surface area contributed by atoms with E-state index in [0.717, 1.165) is 44.9 Å². The Bertz CT molecular complexity index is 1670. The van der Waals surface area contributed by atoms with Crippen molar-refractivity contribution in [2.45, 2.75) is 127 Å². The summed E-state index contributed by atoms with van der Waals surface area (Å²) in [5.41, 5.74) is 1.92. The van der Waals surface area contributed by atoms with E-state index >= 15 is 8.78 Å². The van der Waals surface area contributed by atoms with E-state index in [0.29, 0.717) is 54.4 Å². The molecule has 15 heteroatoms. The van der Waals surface area contributed by atoms with Gasteiger partial charge in [0.25, 0.3) is 5.92 Å². The number of hydrogen-bond acceptors (Lipinski definition) is 13. The highest BCUT2D eigenvalue weighted by atomic mass is 19.3. The molecule has 336 valence electrons. The number of alkyl halides is 2. The number of halogens is 2. The van der Waals surface area contributed by atoms with Gasteiger partial charge in [0.1, 0.15) is 24.4 Å². The molecule has 3 aliphatic heterocycles. The van der Waals surface area contributed by atoms with Crippen molar-refractivity contribution >= 4 is 5.97 Å². The van der Waals surface area contributed by atoms with Gasteiger partial charge in [0.2, 0.25) is 12.5 Å². The van der Waals surface area contributed by atoms with Crippen LogP contribution in [0, 0.1) is 11.8 Å². The SMILES string of the molecule is CCCCOC[C@H]1O[C@@H](C(F)(F)CN[C@@H]2c3cc4c(cc3[C@@H](c3cc(OC)c(O)c(OC)c3)[C@H]3C(=O)OC[C@@H]32)OCO4)[C@H](OCCCC)[C@@H](OCCCC)[C@@H]1OCCCC. The molecule has 0 aromatic heterocycles. The molecule has 0 radical (unpaired) electrons. The molecule has 6 rings (SSSR count). The zero-order valence-corrected chi connectivity index (χ0v) is 36.0. The van der Waals surface area contributed by atoms with Gasteiger partial charge in [-0.2, -0.15) is 0 Å². The standard InChI is InChI=1S/C45H65F2NO12/c1-7-11-15-53-24-35-40(54-16-12-8-2)41(55-17-13-9-3)42(56-18-14-10-4)43(60-35)45(46,47)25-48-38-29-22-32-31(58-26-59-32)21-28(29)36(37-30(38)23-57-44(37)50)27-19-33(51-5)39(49)34(20-27)52-6/h19-22,30,35-38,40-43,48-49H,7-18,23-26H2,1-6H3/t30-,35+,36+,37-,38+,40+,41-,42+,43+/m0/s1. The first kappa shape index (κ1) is 46.0. The van der Waals surface area contributed by atoms with Crippen LogP contribution in [0.25, 0.3) is 0 Å². The lowest BCUT2D eigenvalue weighted by Crippen LogP contribution is -2.67. The Morgan fingerprint density at radius 1 is 0.767 bits per heavy atom. The molecule has 0 saturated carbocycles. The first-order valence-corrected chi connectivity index (χ1v) is 21.9. The van der Waals surface area contributed by atoms with Crippen LogP contribution in [0.2, 0.25) is 0 Å². The van der Waals surface area contributed by atoms with Gasteiger partial charge in [0.05, 0.1) is 39.9 Å². The lowest BCUT2D eigenvalue weighted by Gasteiger charge is -2.48. The van der Waals surface area contributed by atoms with Crippen LogP contribution in [-0.4, -0.2) is 115 Å². The number of benzene rings is 2. The Labute approximate surface area is 352 Å². The van der Waals surface area contributed by atoms with Gasteiger partial charge >= 0.3 is 5.97 Å². The summed E-state index contributed by atoms with van der Waals surface area (Å²) in [5.74, 6) is -4.92. The van der Waals surface area contributed by atoms with E-state index in [9.17, 15) is 9.90 Å². The number of carbonyl (C=O) groups excluding carboxylic acids is 1. The Morgan fingerprint density at radius 2 is 1.33 bits per heavy atom. The van der Waals surface area contributed by atoms with Gasteiger partial charge in [-0.3, -0.25) is 4.79 Å². The molecule has 2 fully saturated rings. The molecule has 1 aliphatic carbocycles. The fraction of sp³-hybridized carbons (Fsp3) is 0.711. The zero-order valence-electron chi connectivity index (χ0n) is 36.0. The minimum atomic E-state index is -3.51. The maximum atomic E-state index is 17.4. The summed E-state index contributed by atoms with van der Waals surface area (Å²) in [6.45, 7) is 8.91. The number of unbranched alkanes of at least 4 members (excludes halogenated alkanes) is 4. The number of methoxy groups -OCH3 is 2. The van der Waals surface area contributed by atoms with Gasteiger partial charge in [-0.15, -0.1) is 0 Å². The number of fused-ring (bicyclic) bond motifs is 3. The second-order valence-electron chi connectivity index (χ2n) is 16.1. The Hall–Kier alpha value is -3.47. The summed E-state index contributed by atoms with van der Waals surface area (Å²) < 4.78 is 94.8. The number of ether oxygens (including phenoxy) is 10. The van der Waals surface area contributed by atoms with E-state index in [2.05, 4.69) is 26.1 Å². The summed E-state index contributed by atoms with van der Waals surface area (Å²) in [4.78, 5) is 13.8. The lowest BCUT2D eigenvalue weighted by molar-refractivity contribution is -0.304. The summed E-state index contributed by atoms with van der Waals surface area (Å²) in [7, 11) is 2.85. The van der Waals surface area contributed by atoms with Crippen molar-refractivity contribution in [3.8, 4) is 28.7 Å². The van der Waals surface area contributed by atoms with Crippen molar-refractivity contribution in [2.75, 3.05) is 67.2 Å². The number of phenols is 1. The molecule has 2 aromatic rings. The second-order valence-corrected chi connectivity index (χ2v) is 16.1. The van der Waals surface area contributed by atoms with Crippen LogP contribution >= 0.6 is 0 Å². The van der Waals surface area contributed by atoms with E-state index in [1.165, 1.54) is 14.2 Å².